The van der Waals surface area contributed by atoms with Crippen molar-refractivity contribution in [2.24, 2.45) is 0 Å². The van der Waals surface area contributed by atoms with Crippen molar-refractivity contribution in [2.45, 2.75) is 51.0 Å². The lowest BCUT2D eigenvalue weighted by Crippen LogP contribution is -2.30. The van der Waals surface area contributed by atoms with Crippen LogP contribution >= 0.6 is 11.8 Å². The SMILES string of the molecule is CCCCCN1C(=O)c2[nH]nc(-c3c(C)cc(C)cc3O)c2C1c1ccc(SC)cc1. The molecular formula is C25H29N3O2S. The number of carbonyl (C=O) groups excluding carboxylic acids is 1. The smallest absolute Gasteiger partial charge is 0.273 e. The first kappa shape index (κ1) is 21.5. The molecule has 31 heavy (non-hydrogen) atoms. The molecule has 0 spiro atoms. The molecule has 3 aromatic rings. The van der Waals surface area contributed by atoms with E-state index >= 15 is 0 Å². The third kappa shape index (κ3) is 3.85. The minimum atomic E-state index is -0.218. The summed E-state index contributed by atoms with van der Waals surface area (Å²) in [6, 6.07) is 12.0. The van der Waals surface area contributed by atoms with Gasteiger partial charge >= 0.3 is 0 Å². The maximum Gasteiger partial charge on any atom is 0.273 e. The number of phenolic OH excluding ortho intramolecular Hbond substituents is 1. The molecule has 2 aromatic carbocycles. The number of hydrogen-bond acceptors (Lipinski definition) is 4. The summed E-state index contributed by atoms with van der Waals surface area (Å²) in [6.07, 6.45) is 5.20. The number of rotatable bonds is 7. The summed E-state index contributed by atoms with van der Waals surface area (Å²) in [6.45, 7) is 6.79. The molecular weight excluding hydrogens is 406 g/mol. The van der Waals surface area contributed by atoms with Crippen molar-refractivity contribution in [1.29, 1.82) is 0 Å². The zero-order valence-electron chi connectivity index (χ0n) is 18.5. The maximum absolute atomic E-state index is 13.4. The molecule has 0 aliphatic carbocycles. The number of aromatic amines is 1. The summed E-state index contributed by atoms with van der Waals surface area (Å²) in [5.41, 5.74) is 5.75. The molecule has 1 aliphatic rings. The fraction of sp³-hybridized carbons (Fsp3) is 0.360. The number of benzene rings is 2. The average molecular weight is 436 g/mol. The topological polar surface area (TPSA) is 69.2 Å². The van der Waals surface area contributed by atoms with Crippen LogP contribution in [0.1, 0.15) is 65.0 Å². The summed E-state index contributed by atoms with van der Waals surface area (Å²) in [7, 11) is 0. The molecule has 162 valence electrons. The van der Waals surface area contributed by atoms with E-state index in [0.29, 0.717) is 23.5 Å². The fourth-order valence-electron chi connectivity index (χ4n) is 4.54. The van der Waals surface area contributed by atoms with E-state index in [2.05, 4.69) is 47.6 Å². The van der Waals surface area contributed by atoms with Crippen LogP contribution in [-0.2, 0) is 0 Å². The van der Waals surface area contributed by atoms with Crippen LogP contribution in [0, 0.1) is 13.8 Å². The summed E-state index contributed by atoms with van der Waals surface area (Å²) in [5, 5.41) is 18.3. The molecule has 6 heteroatoms. The van der Waals surface area contributed by atoms with Crippen LogP contribution in [-0.4, -0.2) is 38.9 Å². The monoisotopic (exact) mass is 435 g/mol. The Bertz CT molecular complexity index is 1080. The first-order chi connectivity index (χ1) is 15.0. The third-order valence-electron chi connectivity index (χ3n) is 5.99. The van der Waals surface area contributed by atoms with Crippen molar-refractivity contribution in [2.75, 3.05) is 12.8 Å². The molecule has 2 N–H and O–H groups in total. The second-order valence-electron chi connectivity index (χ2n) is 8.22. The highest BCUT2D eigenvalue weighted by atomic mass is 32.2. The maximum atomic E-state index is 13.4. The van der Waals surface area contributed by atoms with Crippen LogP contribution in [0.2, 0.25) is 0 Å². The van der Waals surface area contributed by atoms with Crippen LogP contribution in [0.4, 0.5) is 0 Å². The molecule has 0 saturated heterocycles. The van der Waals surface area contributed by atoms with Gasteiger partial charge in [-0.3, -0.25) is 9.89 Å². The van der Waals surface area contributed by atoms with E-state index in [1.54, 1.807) is 17.8 Å². The van der Waals surface area contributed by atoms with E-state index in [1.807, 2.05) is 24.8 Å². The van der Waals surface area contributed by atoms with Gasteiger partial charge in [0.25, 0.3) is 5.91 Å². The first-order valence-electron chi connectivity index (χ1n) is 10.8. The quantitative estimate of drug-likeness (QED) is 0.360. The Hall–Kier alpha value is -2.73. The Kier molecular flexibility index (Phi) is 6.10. The van der Waals surface area contributed by atoms with Gasteiger partial charge in [0, 0.05) is 22.6 Å². The molecule has 1 aliphatic heterocycles. The molecule has 2 heterocycles. The number of fused-ring (bicyclic) bond motifs is 1. The van der Waals surface area contributed by atoms with Gasteiger partial charge in [-0.25, -0.2) is 0 Å². The molecule has 1 unspecified atom stereocenters. The molecule has 0 saturated carbocycles. The lowest BCUT2D eigenvalue weighted by Gasteiger charge is -2.26. The van der Waals surface area contributed by atoms with Crippen LogP contribution in [0.15, 0.2) is 41.3 Å². The number of amides is 1. The summed E-state index contributed by atoms with van der Waals surface area (Å²) in [4.78, 5) is 16.5. The number of carbonyl (C=O) groups is 1. The highest BCUT2D eigenvalue weighted by Crippen LogP contribution is 2.45. The number of phenols is 1. The zero-order chi connectivity index (χ0) is 22.1. The standard InChI is InChI=1S/C25H29N3O2S/c1-5-6-7-12-28-24(17-8-10-18(31-4)11-9-17)21-22(26-27-23(21)25(28)30)20-16(3)13-15(2)14-19(20)29/h8-11,13-14,24,29H,5-7,12H2,1-4H3,(H,26,27). The Balaban J connectivity index is 1.86. The molecule has 0 fully saturated rings. The molecule has 0 radical (unpaired) electrons. The van der Waals surface area contributed by atoms with Crippen molar-refractivity contribution in [3.8, 4) is 17.0 Å². The van der Waals surface area contributed by atoms with E-state index in [4.69, 9.17) is 0 Å². The fourth-order valence-corrected chi connectivity index (χ4v) is 4.94. The summed E-state index contributed by atoms with van der Waals surface area (Å²) >= 11 is 1.70. The van der Waals surface area contributed by atoms with E-state index in [0.717, 1.165) is 41.5 Å². The lowest BCUT2D eigenvalue weighted by atomic mass is 9.93. The van der Waals surface area contributed by atoms with Gasteiger partial charge in [-0.2, -0.15) is 5.10 Å². The first-order valence-corrected chi connectivity index (χ1v) is 12.0. The minimum Gasteiger partial charge on any atom is -0.507 e. The number of thioether (sulfide) groups is 1. The Morgan fingerprint density at radius 1 is 1.16 bits per heavy atom. The Morgan fingerprint density at radius 3 is 2.55 bits per heavy atom. The number of aryl methyl sites for hydroxylation is 2. The lowest BCUT2D eigenvalue weighted by molar-refractivity contribution is 0.0740. The van der Waals surface area contributed by atoms with Gasteiger partial charge in [-0.05, 0) is 61.4 Å². The third-order valence-corrected chi connectivity index (χ3v) is 6.74. The van der Waals surface area contributed by atoms with Gasteiger partial charge in [-0.1, -0.05) is 38.0 Å². The summed E-state index contributed by atoms with van der Waals surface area (Å²) in [5.74, 6) is 0.174. The normalized spacial score (nSPS) is 15.5. The number of aromatic hydroxyl groups is 1. The predicted octanol–water partition coefficient (Wildman–Crippen LogP) is 5.86. The molecule has 0 bridgehead atoms. The highest BCUT2D eigenvalue weighted by molar-refractivity contribution is 7.98. The van der Waals surface area contributed by atoms with Gasteiger partial charge in [0.15, 0.2) is 0 Å². The largest absolute Gasteiger partial charge is 0.507 e. The molecule has 4 rings (SSSR count). The molecule has 1 amide bonds. The van der Waals surface area contributed by atoms with Crippen molar-refractivity contribution < 1.29 is 9.90 Å². The van der Waals surface area contributed by atoms with E-state index in [9.17, 15) is 9.90 Å². The molecule has 1 atom stereocenters. The Labute approximate surface area is 187 Å². The van der Waals surface area contributed by atoms with E-state index in [-0.39, 0.29) is 17.7 Å². The molecule has 5 nitrogen and oxygen atoms in total. The zero-order valence-corrected chi connectivity index (χ0v) is 19.3. The van der Waals surface area contributed by atoms with Crippen molar-refractivity contribution in [3.05, 3.63) is 64.3 Å². The minimum absolute atomic E-state index is 0.0203. The number of nitrogens with zero attached hydrogens (tertiary/aromatic N) is 2. The van der Waals surface area contributed by atoms with Crippen molar-refractivity contribution in [3.63, 3.8) is 0 Å². The van der Waals surface area contributed by atoms with Crippen LogP contribution < -0.4 is 0 Å². The number of nitrogens with one attached hydrogen (secondary N) is 1. The molecule has 1 aromatic heterocycles. The Morgan fingerprint density at radius 2 is 1.90 bits per heavy atom. The van der Waals surface area contributed by atoms with Crippen molar-refractivity contribution >= 4 is 17.7 Å². The van der Waals surface area contributed by atoms with Gasteiger partial charge in [0.2, 0.25) is 0 Å². The second-order valence-corrected chi connectivity index (χ2v) is 9.10. The van der Waals surface area contributed by atoms with Crippen molar-refractivity contribution in [1.82, 2.24) is 15.1 Å². The van der Waals surface area contributed by atoms with E-state index < -0.39 is 0 Å². The summed E-state index contributed by atoms with van der Waals surface area (Å²) < 4.78 is 0. The van der Waals surface area contributed by atoms with Gasteiger partial charge < -0.3 is 10.0 Å². The van der Waals surface area contributed by atoms with Crippen LogP contribution in [0.25, 0.3) is 11.3 Å². The van der Waals surface area contributed by atoms with Gasteiger partial charge in [-0.15, -0.1) is 11.8 Å². The number of H-pyrrole nitrogens is 1. The number of hydrogen-bond donors (Lipinski definition) is 2. The second kappa shape index (κ2) is 8.79. The van der Waals surface area contributed by atoms with E-state index in [1.165, 1.54) is 4.90 Å². The highest BCUT2D eigenvalue weighted by Gasteiger charge is 2.42. The van der Waals surface area contributed by atoms with Crippen LogP contribution in [0.5, 0.6) is 5.75 Å². The predicted molar refractivity (Wildman–Crippen MR) is 126 cm³/mol. The average Bonchev–Trinajstić information content (AvgIpc) is 3.27. The van der Waals surface area contributed by atoms with Crippen LogP contribution in [0.3, 0.4) is 0 Å². The van der Waals surface area contributed by atoms with Gasteiger partial charge in [0.1, 0.15) is 17.1 Å². The number of aromatic nitrogens is 2. The van der Waals surface area contributed by atoms with Gasteiger partial charge in [0.05, 0.1) is 6.04 Å². The number of unbranched alkanes of at least 4 members (excludes halogenated alkanes) is 2.